The Morgan fingerprint density at radius 1 is 0.897 bits per heavy atom. The van der Waals surface area contributed by atoms with Crippen LogP contribution in [0.3, 0.4) is 0 Å². The van der Waals surface area contributed by atoms with E-state index in [0.717, 1.165) is 6.08 Å². The van der Waals surface area contributed by atoms with E-state index in [1.807, 2.05) is 0 Å². The van der Waals surface area contributed by atoms with E-state index in [9.17, 15) is 31.0 Å². The van der Waals surface area contributed by atoms with Crippen molar-refractivity contribution in [3.63, 3.8) is 0 Å². The number of carbonyl (C=O) groups is 2. The lowest BCUT2D eigenvalue weighted by Crippen LogP contribution is -2.39. The molecule has 9 nitrogen and oxygen atoms in total. The predicted octanol–water partition coefficient (Wildman–Crippen LogP) is 1.49. The molecule has 0 radical (unpaired) electrons. The molecule has 1 aliphatic heterocycles. The van der Waals surface area contributed by atoms with Crippen LogP contribution in [0, 0.1) is 0 Å². The number of rotatable bonds is 4. The van der Waals surface area contributed by atoms with Crippen molar-refractivity contribution < 1.29 is 35.2 Å². The summed E-state index contributed by atoms with van der Waals surface area (Å²) in [6, 6.07) is 11.7. The minimum absolute atomic E-state index is 0.0207. The Bertz CT molecular complexity index is 1260. The van der Waals surface area contributed by atoms with Crippen LogP contribution in [0.5, 0.6) is 0 Å². The predicted molar refractivity (Wildman–Crippen MR) is 101 cm³/mol. The molecule has 0 amide bonds. The van der Waals surface area contributed by atoms with E-state index < -0.39 is 43.1 Å². The van der Waals surface area contributed by atoms with Gasteiger partial charge in [-0.3, -0.25) is 14.1 Å². The molecule has 1 aliphatic carbocycles. The fraction of sp³-hybridized carbons (Fsp3) is 0.111. The Balaban J connectivity index is 1.74. The number of anilines is 1. The van der Waals surface area contributed by atoms with Gasteiger partial charge < -0.3 is 0 Å². The van der Waals surface area contributed by atoms with Gasteiger partial charge in [-0.2, -0.15) is 16.8 Å². The van der Waals surface area contributed by atoms with Crippen molar-refractivity contribution in [2.75, 3.05) is 4.31 Å². The van der Waals surface area contributed by atoms with Crippen LogP contribution in [-0.4, -0.2) is 39.1 Å². The zero-order valence-electron chi connectivity index (χ0n) is 14.5. The summed E-state index contributed by atoms with van der Waals surface area (Å²) in [6.45, 7) is 0. The van der Waals surface area contributed by atoms with E-state index in [1.165, 1.54) is 36.4 Å². The van der Waals surface area contributed by atoms with Crippen LogP contribution < -0.4 is 4.31 Å². The maximum atomic E-state index is 12.8. The quantitative estimate of drug-likeness (QED) is 0.433. The van der Waals surface area contributed by atoms with Crippen molar-refractivity contribution >= 4 is 37.7 Å². The second-order valence-electron chi connectivity index (χ2n) is 6.32. The van der Waals surface area contributed by atoms with Gasteiger partial charge in [-0.25, -0.2) is 8.49 Å². The van der Waals surface area contributed by atoms with E-state index in [1.54, 1.807) is 12.1 Å². The Labute approximate surface area is 166 Å². The first kappa shape index (κ1) is 19.5. The Kier molecular flexibility index (Phi) is 4.42. The lowest BCUT2D eigenvalue weighted by molar-refractivity contribution is 0.0714. The summed E-state index contributed by atoms with van der Waals surface area (Å²) in [5.41, 5.74) is 0.413. The first-order valence-electron chi connectivity index (χ1n) is 8.28. The summed E-state index contributed by atoms with van der Waals surface area (Å²) in [7, 11) is -9.97. The number of ketones is 2. The molecule has 2 aromatic rings. The zero-order chi connectivity index (χ0) is 21.0. The minimum atomic E-state index is -5.05. The number of para-hydroxylation sites is 1. The average Bonchev–Trinajstić information content (AvgIpc) is 2.91. The van der Waals surface area contributed by atoms with E-state index in [0.29, 0.717) is 5.56 Å². The second kappa shape index (κ2) is 6.59. The molecular formula is C18H13NO8S2. The van der Waals surface area contributed by atoms with Crippen LogP contribution >= 0.6 is 0 Å². The molecule has 0 atom stereocenters. The number of hydrogen-bond acceptors (Lipinski definition) is 7. The summed E-state index contributed by atoms with van der Waals surface area (Å²) in [5, 5.41) is -0.893. The van der Waals surface area contributed by atoms with E-state index in [4.69, 9.17) is 4.18 Å². The molecule has 2 aliphatic rings. The third-order valence-corrected chi connectivity index (χ3v) is 6.83. The molecule has 0 aromatic heterocycles. The Hall–Kier alpha value is -2.86. The van der Waals surface area contributed by atoms with Crippen LogP contribution in [0.15, 0.2) is 59.6 Å². The topological polar surface area (TPSA) is 135 Å². The van der Waals surface area contributed by atoms with Crippen molar-refractivity contribution in [1.29, 1.82) is 0 Å². The van der Waals surface area contributed by atoms with Gasteiger partial charge in [0.15, 0.2) is 5.03 Å². The Morgan fingerprint density at radius 3 is 2.03 bits per heavy atom. The fourth-order valence-corrected chi connectivity index (χ4v) is 5.70. The molecule has 2 aromatic carbocycles. The number of fused-ring (bicyclic) bond motifs is 2. The summed E-state index contributed by atoms with van der Waals surface area (Å²) in [4.78, 5) is 24.9. The first-order valence-corrected chi connectivity index (χ1v) is 11.1. The van der Waals surface area contributed by atoms with Crippen molar-refractivity contribution in [3.05, 3.63) is 76.3 Å². The SMILES string of the molecule is O=C1c2ccccc2C(=O)C1OS(=O)(=O)C1=CCc2ccccc2N1S(=O)(=O)O. The Morgan fingerprint density at radius 2 is 1.45 bits per heavy atom. The molecule has 0 unspecified atom stereocenters. The molecule has 0 spiro atoms. The third kappa shape index (κ3) is 3.17. The van der Waals surface area contributed by atoms with Crippen molar-refractivity contribution in [2.45, 2.75) is 12.5 Å². The van der Waals surface area contributed by atoms with Gasteiger partial charge in [0.1, 0.15) is 0 Å². The second-order valence-corrected chi connectivity index (χ2v) is 9.10. The summed E-state index contributed by atoms with van der Waals surface area (Å²) in [5.74, 6) is -1.69. The third-order valence-electron chi connectivity index (χ3n) is 4.55. The van der Waals surface area contributed by atoms with E-state index >= 15 is 0 Å². The lowest BCUT2D eigenvalue weighted by Gasteiger charge is -2.28. The van der Waals surface area contributed by atoms with Gasteiger partial charge in [0.05, 0.1) is 5.69 Å². The van der Waals surface area contributed by atoms with Crippen LogP contribution in [-0.2, 0) is 31.0 Å². The van der Waals surface area contributed by atoms with Crippen molar-refractivity contribution in [1.82, 2.24) is 0 Å². The molecule has 0 saturated carbocycles. The molecule has 4 rings (SSSR count). The number of carbonyl (C=O) groups excluding carboxylic acids is 2. The van der Waals surface area contributed by atoms with Gasteiger partial charge in [0, 0.05) is 11.1 Å². The van der Waals surface area contributed by atoms with Crippen molar-refractivity contribution in [2.24, 2.45) is 0 Å². The maximum Gasteiger partial charge on any atom is 0.365 e. The summed E-state index contributed by atoms with van der Waals surface area (Å²) < 4.78 is 64.3. The smallest absolute Gasteiger partial charge is 0.291 e. The molecule has 29 heavy (non-hydrogen) atoms. The monoisotopic (exact) mass is 435 g/mol. The molecule has 1 heterocycles. The van der Waals surface area contributed by atoms with Crippen LogP contribution in [0.2, 0.25) is 0 Å². The number of benzene rings is 2. The van der Waals surface area contributed by atoms with Crippen LogP contribution in [0.1, 0.15) is 26.3 Å². The van der Waals surface area contributed by atoms with Gasteiger partial charge in [0.2, 0.25) is 17.7 Å². The fourth-order valence-electron chi connectivity index (χ4n) is 3.30. The summed E-state index contributed by atoms with van der Waals surface area (Å²) in [6.07, 6.45) is -0.895. The molecular weight excluding hydrogens is 422 g/mol. The molecule has 1 N–H and O–H groups in total. The van der Waals surface area contributed by atoms with Gasteiger partial charge in [-0.1, -0.05) is 42.5 Å². The number of allylic oxidation sites excluding steroid dienone is 1. The average molecular weight is 435 g/mol. The molecule has 150 valence electrons. The standard InChI is InChI=1S/C18H13NO8S2/c20-16-12-6-2-3-7-13(12)17(21)18(16)27-28(22,23)15-10-9-11-5-1-4-8-14(11)19(15)29(24,25)26/h1-8,10,18H,9H2,(H,24,25,26). The highest BCUT2D eigenvalue weighted by atomic mass is 32.2. The van der Waals surface area contributed by atoms with Gasteiger partial charge in [-0.15, -0.1) is 0 Å². The minimum Gasteiger partial charge on any atom is -0.291 e. The zero-order valence-corrected chi connectivity index (χ0v) is 16.2. The molecule has 11 heteroatoms. The highest BCUT2D eigenvalue weighted by Crippen LogP contribution is 2.36. The van der Waals surface area contributed by atoms with Gasteiger partial charge >= 0.3 is 20.4 Å². The maximum absolute atomic E-state index is 12.8. The lowest BCUT2D eigenvalue weighted by atomic mass is 10.1. The van der Waals surface area contributed by atoms with E-state index in [-0.39, 0.29) is 27.5 Å². The highest BCUT2D eigenvalue weighted by molar-refractivity contribution is 7.94. The summed E-state index contributed by atoms with van der Waals surface area (Å²) >= 11 is 0. The number of nitrogens with zero attached hydrogens (tertiary/aromatic N) is 1. The van der Waals surface area contributed by atoms with Gasteiger partial charge in [0.25, 0.3) is 0 Å². The van der Waals surface area contributed by atoms with Gasteiger partial charge in [-0.05, 0) is 24.1 Å². The molecule has 0 saturated heterocycles. The first-order chi connectivity index (χ1) is 13.6. The van der Waals surface area contributed by atoms with Crippen molar-refractivity contribution in [3.8, 4) is 0 Å². The largest absolute Gasteiger partial charge is 0.365 e. The van der Waals surface area contributed by atoms with Crippen LogP contribution in [0.4, 0.5) is 5.69 Å². The molecule has 0 bridgehead atoms. The number of Topliss-reactive ketones (excluding diaryl/α,β-unsaturated/α-hetero) is 2. The highest BCUT2D eigenvalue weighted by Gasteiger charge is 2.45. The molecule has 0 fully saturated rings. The number of hydrogen-bond donors (Lipinski definition) is 1. The normalized spacial score (nSPS) is 17.1. The van der Waals surface area contributed by atoms with E-state index in [2.05, 4.69) is 0 Å². The van der Waals surface area contributed by atoms with Crippen LogP contribution in [0.25, 0.3) is 0 Å².